The Hall–Kier alpha value is -5.52. The zero-order chi connectivity index (χ0) is 31.5. The third-order valence-corrected chi connectivity index (χ3v) is 10.8. The van der Waals surface area contributed by atoms with E-state index >= 15 is 0 Å². The van der Waals surface area contributed by atoms with E-state index in [0.29, 0.717) is 11.8 Å². The van der Waals surface area contributed by atoms with Gasteiger partial charge in [0.2, 0.25) is 0 Å². The first-order valence-electron chi connectivity index (χ1n) is 16.2. The smallest absolute Gasteiger partial charge is 0.148 e. The zero-order valence-electron chi connectivity index (χ0n) is 26.2. The molecular formula is C42H32N4S. The van der Waals surface area contributed by atoms with Gasteiger partial charge in [0.1, 0.15) is 10.0 Å². The van der Waals surface area contributed by atoms with E-state index < -0.39 is 0 Å². The van der Waals surface area contributed by atoms with Crippen LogP contribution in [-0.2, 0) is 0 Å². The van der Waals surface area contributed by atoms with Crippen LogP contribution in [0.15, 0.2) is 146 Å². The molecule has 0 bridgehead atoms. The van der Waals surface area contributed by atoms with Crippen molar-refractivity contribution in [1.82, 2.24) is 10.2 Å². The van der Waals surface area contributed by atoms with Gasteiger partial charge in [0.05, 0.1) is 0 Å². The minimum Gasteiger partial charge on any atom is -0.310 e. The molecule has 3 heterocycles. The van der Waals surface area contributed by atoms with E-state index in [1.165, 1.54) is 45.0 Å². The molecule has 6 aromatic carbocycles. The van der Waals surface area contributed by atoms with Crippen molar-refractivity contribution in [1.29, 1.82) is 0 Å². The van der Waals surface area contributed by atoms with Crippen molar-refractivity contribution in [3.63, 3.8) is 0 Å². The van der Waals surface area contributed by atoms with Gasteiger partial charge in [-0.15, -0.1) is 10.2 Å². The van der Waals surface area contributed by atoms with Gasteiger partial charge in [-0.05, 0) is 95.1 Å². The summed E-state index contributed by atoms with van der Waals surface area (Å²) < 4.78 is 0. The van der Waals surface area contributed by atoms with Crippen LogP contribution in [-0.4, -0.2) is 10.2 Å². The first-order valence-corrected chi connectivity index (χ1v) is 17.0. The summed E-state index contributed by atoms with van der Waals surface area (Å²) in [5.41, 5.74) is 14.7. The average Bonchev–Trinajstić information content (AvgIpc) is 3.63. The number of para-hydroxylation sites is 4. The van der Waals surface area contributed by atoms with Gasteiger partial charge in [-0.3, -0.25) is 0 Å². The number of hydrogen-bond donors (Lipinski definition) is 0. The molecule has 0 radical (unpaired) electrons. The van der Waals surface area contributed by atoms with Gasteiger partial charge in [0, 0.05) is 57.1 Å². The molecule has 1 aromatic heterocycles. The van der Waals surface area contributed by atoms with Crippen LogP contribution >= 0.6 is 11.3 Å². The van der Waals surface area contributed by atoms with Crippen LogP contribution in [0.25, 0.3) is 21.1 Å². The number of aromatic nitrogens is 2. The fraction of sp³-hybridized carbons (Fsp3) is 0.0952. The van der Waals surface area contributed by atoms with Crippen LogP contribution in [0, 0.1) is 0 Å². The molecule has 0 saturated heterocycles. The second-order valence-electron chi connectivity index (χ2n) is 12.4. The summed E-state index contributed by atoms with van der Waals surface area (Å²) in [6.45, 7) is 4.59. The van der Waals surface area contributed by atoms with Gasteiger partial charge in [-0.25, -0.2) is 0 Å². The second-order valence-corrected chi connectivity index (χ2v) is 13.3. The van der Waals surface area contributed by atoms with Crippen LogP contribution in [0.5, 0.6) is 0 Å². The Kier molecular flexibility index (Phi) is 6.54. The Labute approximate surface area is 279 Å². The Bertz CT molecular complexity index is 2000. The lowest BCUT2D eigenvalue weighted by Gasteiger charge is -2.36. The highest BCUT2D eigenvalue weighted by Gasteiger charge is 2.29. The Balaban J connectivity index is 1.01. The molecule has 226 valence electrons. The lowest BCUT2D eigenvalue weighted by Crippen LogP contribution is -2.20. The van der Waals surface area contributed by atoms with Gasteiger partial charge in [-0.2, -0.15) is 0 Å². The highest BCUT2D eigenvalue weighted by atomic mass is 32.1. The third-order valence-electron chi connectivity index (χ3n) is 9.75. The Morgan fingerprint density at radius 1 is 0.404 bits per heavy atom. The maximum Gasteiger partial charge on any atom is 0.148 e. The van der Waals surface area contributed by atoms with Crippen molar-refractivity contribution in [2.45, 2.75) is 25.7 Å². The number of anilines is 6. The van der Waals surface area contributed by atoms with E-state index in [0.717, 1.165) is 32.5 Å². The molecule has 5 heteroatoms. The van der Waals surface area contributed by atoms with Crippen molar-refractivity contribution < 1.29 is 0 Å². The predicted octanol–water partition coefficient (Wildman–Crippen LogP) is 11.7. The van der Waals surface area contributed by atoms with Gasteiger partial charge in [0.15, 0.2) is 0 Å². The maximum absolute atomic E-state index is 4.61. The molecular weight excluding hydrogens is 593 g/mol. The summed E-state index contributed by atoms with van der Waals surface area (Å²) in [6.07, 6.45) is 0. The van der Waals surface area contributed by atoms with E-state index in [1.54, 1.807) is 11.3 Å². The highest BCUT2D eigenvalue weighted by Crippen LogP contribution is 2.50. The van der Waals surface area contributed by atoms with Crippen molar-refractivity contribution in [2.24, 2.45) is 0 Å². The fourth-order valence-electron chi connectivity index (χ4n) is 7.34. The highest BCUT2D eigenvalue weighted by molar-refractivity contribution is 7.17. The molecule has 4 nitrogen and oxygen atoms in total. The molecule has 0 fully saturated rings. The number of fused-ring (bicyclic) bond motifs is 4. The summed E-state index contributed by atoms with van der Waals surface area (Å²) in [4.78, 5) is 4.75. The van der Waals surface area contributed by atoms with Crippen molar-refractivity contribution in [2.75, 3.05) is 9.80 Å². The van der Waals surface area contributed by atoms with Crippen molar-refractivity contribution in [3.8, 4) is 21.1 Å². The molecule has 0 amide bonds. The van der Waals surface area contributed by atoms with E-state index in [9.17, 15) is 0 Å². The first-order chi connectivity index (χ1) is 23.2. The number of benzene rings is 6. The normalized spacial score (nSPS) is 13.9. The minimum absolute atomic E-state index is 0.349. The van der Waals surface area contributed by atoms with E-state index in [-0.39, 0.29) is 0 Å². The number of rotatable bonds is 4. The van der Waals surface area contributed by atoms with Gasteiger partial charge in [-0.1, -0.05) is 98.0 Å². The van der Waals surface area contributed by atoms with Crippen LogP contribution in [0.3, 0.4) is 0 Å². The van der Waals surface area contributed by atoms with Crippen LogP contribution in [0.4, 0.5) is 34.1 Å². The van der Waals surface area contributed by atoms with Gasteiger partial charge >= 0.3 is 0 Å². The zero-order valence-corrected chi connectivity index (χ0v) is 27.0. The van der Waals surface area contributed by atoms with Gasteiger partial charge in [0.25, 0.3) is 0 Å². The van der Waals surface area contributed by atoms with E-state index in [1.807, 2.05) is 0 Å². The molecule has 7 aromatic rings. The van der Waals surface area contributed by atoms with Crippen LogP contribution < -0.4 is 9.80 Å². The molecule has 9 rings (SSSR count). The van der Waals surface area contributed by atoms with Crippen LogP contribution in [0.1, 0.15) is 47.9 Å². The summed E-state index contributed by atoms with van der Waals surface area (Å²) in [5.74, 6) is 0.698. The van der Waals surface area contributed by atoms with Crippen molar-refractivity contribution in [3.05, 3.63) is 168 Å². The predicted molar refractivity (Wildman–Crippen MR) is 195 cm³/mol. The SMILES string of the molecule is CC1c2ccccc2N(c2ccc(-c3nnc(-c4ccc(N5c6ccccc6C(C)c6ccccc65)cc4)s3)cc2)c2ccccc21. The largest absolute Gasteiger partial charge is 0.310 e. The quantitative estimate of drug-likeness (QED) is 0.195. The monoisotopic (exact) mass is 624 g/mol. The Morgan fingerprint density at radius 2 is 0.702 bits per heavy atom. The number of hydrogen-bond acceptors (Lipinski definition) is 5. The summed E-state index contributed by atoms with van der Waals surface area (Å²) in [7, 11) is 0. The summed E-state index contributed by atoms with van der Waals surface area (Å²) >= 11 is 1.63. The fourth-order valence-corrected chi connectivity index (χ4v) is 8.20. The van der Waals surface area contributed by atoms with Gasteiger partial charge < -0.3 is 9.80 Å². The standard InChI is InChI=1S/C42H32N4S/c1-27-33-11-3-7-15-37(33)45(38-16-8-4-12-34(27)38)31-23-19-29(20-24-31)41-43-44-42(47-41)30-21-25-32(26-22-30)46-39-17-9-5-13-35(39)28(2)36-14-6-10-18-40(36)46/h3-28H,1-2H3. The molecule has 0 atom stereocenters. The Morgan fingerprint density at radius 3 is 1.02 bits per heavy atom. The third kappa shape index (κ3) is 4.49. The maximum atomic E-state index is 4.61. The van der Waals surface area contributed by atoms with E-state index in [2.05, 4.69) is 179 Å². The van der Waals surface area contributed by atoms with Crippen molar-refractivity contribution >= 4 is 45.5 Å². The molecule has 2 aliphatic rings. The molecule has 0 saturated carbocycles. The lowest BCUT2D eigenvalue weighted by molar-refractivity contribution is 0.892. The molecule has 2 aliphatic heterocycles. The van der Waals surface area contributed by atoms with Crippen LogP contribution in [0.2, 0.25) is 0 Å². The average molecular weight is 625 g/mol. The molecule has 0 aliphatic carbocycles. The summed E-state index contributed by atoms with van der Waals surface area (Å²) in [5, 5.41) is 11.0. The first kappa shape index (κ1) is 27.8. The number of nitrogens with zero attached hydrogens (tertiary/aromatic N) is 4. The molecule has 0 N–H and O–H groups in total. The topological polar surface area (TPSA) is 32.3 Å². The lowest BCUT2D eigenvalue weighted by atomic mass is 9.86. The molecule has 0 spiro atoms. The minimum atomic E-state index is 0.349. The van der Waals surface area contributed by atoms with E-state index in [4.69, 9.17) is 0 Å². The summed E-state index contributed by atoms with van der Waals surface area (Å²) in [6, 6.07) is 52.4. The second kappa shape index (κ2) is 11.1. The molecule has 47 heavy (non-hydrogen) atoms. The molecule has 0 unspecified atom stereocenters.